The zero-order chi connectivity index (χ0) is 15.5. The zero-order valence-corrected chi connectivity index (χ0v) is 9.73. The summed E-state index contributed by atoms with van der Waals surface area (Å²) in [5, 5.41) is 32.5. The van der Waals surface area contributed by atoms with Gasteiger partial charge in [0.25, 0.3) is 0 Å². The molecule has 0 aromatic carbocycles. The molecule has 2 amide bonds. The summed E-state index contributed by atoms with van der Waals surface area (Å²) in [6, 6.07) is 0. The van der Waals surface area contributed by atoms with Gasteiger partial charge in [0.15, 0.2) is 12.2 Å². The van der Waals surface area contributed by atoms with Gasteiger partial charge >= 0.3 is 11.9 Å². The van der Waals surface area contributed by atoms with Crippen LogP contribution in [0.2, 0.25) is 0 Å². The van der Waals surface area contributed by atoms with Crippen LogP contribution < -0.4 is 11.5 Å². The van der Waals surface area contributed by atoms with Crippen LogP contribution in [-0.2, 0) is 19.2 Å². The summed E-state index contributed by atoms with van der Waals surface area (Å²) in [5.41, 5.74) is 8.94. The number of aliphatic carboxylic acids is 2. The molecule has 106 valence electrons. The first kappa shape index (κ1) is 21.1. The predicted molar refractivity (Wildman–Crippen MR) is 57.0 cm³/mol. The highest BCUT2D eigenvalue weighted by Crippen LogP contribution is 1.92. The smallest absolute Gasteiger partial charge is 0.335 e. The molecular formula is C8H16N2O8. The normalized spacial score (nSPS) is 11.6. The summed E-state index contributed by atoms with van der Waals surface area (Å²) in [5.74, 6) is -4.20. The lowest BCUT2D eigenvalue weighted by Crippen LogP contribution is -2.39. The van der Waals surface area contributed by atoms with Crippen LogP contribution >= 0.6 is 0 Å². The van der Waals surface area contributed by atoms with Gasteiger partial charge in [0.05, 0.1) is 0 Å². The van der Waals surface area contributed by atoms with Gasteiger partial charge in [0.1, 0.15) is 0 Å². The van der Waals surface area contributed by atoms with Crippen LogP contribution in [0.5, 0.6) is 0 Å². The molecule has 0 aromatic rings. The minimum absolute atomic E-state index is 0.333. The maximum atomic E-state index is 9.77. The maximum absolute atomic E-state index is 9.77. The second kappa shape index (κ2) is 11.3. The lowest BCUT2D eigenvalue weighted by atomic mass is 10.2. The molecule has 0 radical (unpaired) electrons. The van der Waals surface area contributed by atoms with Crippen molar-refractivity contribution in [3.05, 3.63) is 0 Å². The molecule has 8 N–H and O–H groups in total. The van der Waals surface area contributed by atoms with E-state index in [4.69, 9.17) is 20.4 Å². The molecule has 0 bridgehead atoms. The van der Waals surface area contributed by atoms with E-state index in [-0.39, 0.29) is 11.8 Å². The van der Waals surface area contributed by atoms with Crippen molar-refractivity contribution in [2.24, 2.45) is 11.5 Å². The van der Waals surface area contributed by atoms with Gasteiger partial charge in [0, 0.05) is 13.8 Å². The number of hydrogen-bond acceptors (Lipinski definition) is 6. The number of carbonyl (C=O) groups is 4. The summed E-state index contributed by atoms with van der Waals surface area (Å²) >= 11 is 0. The monoisotopic (exact) mass is 268 g/mol. The Balaban J connectivity index is -0.000000233. The predicted octanol–water partition coefficient (Wildman–Crippen LogP) is -3.14. The van der Waals surface area contributed by atoms with E-state index in [9.17, 15) is 19.2 Å². The molecule has 0 saturated carbocycles. The molecule has 18 heavy (non-hydrogen) atoms. The van der Waals surface area contributed by atoms with Crippen LogP contribution in [-0.4, -0.2) is 56.4 Å². The van der Waals surface area contributed by atoms with Crippen molar-refractivity contribution < 1.29 is 39.6 Å². The lowest BCUT2D eigenvalue weighted by Gasteiger charge is -2.07. The number of carboxylic acid groups (broad SMARTS) is 2. The first-order chi connectivity index (χ1) is 7.93. The summed E-state index contributed by atoms with van der Waals surface area (Å²) < 4.78 is 0. The number of hydrogen-bond donors (Lipinski definition) is 6. The maximum Gasteiger partial charge on any atom is 0.335 e. The Morgan fingerprint density at radius 2 is 0.889 bits per heavy atom. The minimum Gasteiger partial charge on any atom is -0.479 e. The standard InChI is InChI=1S/C4H6O6.2C2H5NO/c5-1(3(7)8)2(6)4(9)10;2*1-2(3)4/h1-2,5-6H,(H,7,8)(H,9,10);2*1H3,(H2,3,4). The van der Waals surface area contributed by atoms with Crippen molar-refractivity contribution in [3.63, 3.8) is 0 Å². The molecule has 0 heterocycles. The number of carbonyl (C=O) groups excluding carboxylic acids is 2. The van der Waals surface area contributed by atoms with Crippen molar-refractivity contribution in [1.82, 2.24) is 0 Å². The van der Waals surface area contributed by atoms with E-state index in [1.807, 2.05) is 0 Å². The Labute approximate surface area is 102 Å². The van der Waals surface area contributed by atoms with E-state index in [1.165, 1.54) is 13.8 Å². The van der Waals surface area contributed by atoms with Gasteiger partial charge in [-0.15, -0.1) is 0 Å². The molecule has 0 aliphatic rings. The third-order valence-electron chi connectivity index (χ3n) is 0.805. The van der Waals surface area contributed by atoms with Crippen LogP contribution in [0.15, 0.2) is 0 Å². The average Bonchev–Trinajstić information content (AvgIpc) is 2.13. The molecule has 0 saturated heterocycles. The SMILES string of the molecule is CC(N)=O.CC(N)=O.O=C(O)C(O)C(O)C(=O)O. The fourth-order valence-electron chi connectivity index (χ4n) is 0.270. The third kappa shape index (κ3) is 23.5. The highest BCUT2D eigenvalue weighted by atomic mass is 16.4. The Bertz CT molecular complexity index is 265. The second-order valence-corrected chi connectivity index (χ2v) is 2.79. The van der Waals surface area contributed by atoms with Crippen LogP contribution in [0, 0.1) is 0 Å². The van der Waals surface area contributed by atoms with Gasteiger partial charge in [-0.2, -0.15) is 0 Å². The van der Waals surface area contributed by atoms with Gasteiger partial charge in [-0.3, -0.25) is 9.59 Å². The molecule has 0 aromatic heterocycles. The van der Waals surface area contributed by atoms with Gasteiger partial charge < -0.3 is 31.9 Å². The molecule has 0 rings (SSSR count). The van der Waals surface area contributed by atoms with Crippen LogP contribution in [0.3, 0.4) is 0 Å². The van der Waals surface area contributed by atoms with Crippen molar-refractivity contribution >= 4 is 23.8 Å². The Hall–Kier alpha value is -2.20. The Morgan fingerprint density at radius 3 is 0.944 bits per heavy atom. The summed E-state index contributed by atoms with van der Waals surface area (Å²) in [6.07, 6.45) is -4.53. The van der Waals surface area contributed by atoms with Gasteiger partial charge in [-0.1, -0.05) is 0 Å². The Kier molecular flexibility index (Phi) is 13.2. The summed E-state index contributed by atoms with van der Waals surface area (Å²) in [4.78, 5) is 38.0. The molecule has 2 atom stereocenters. The fourth-order valence-corrected chi connectivity index (χ4v) is 0.270. The molecule has 0 fully saturated rings. The molecule has 0 spiro atoms. The highest BCUT2D eigenvalue weighted by molar-refractivity contribution is 5.83. The number of rotatable bonds is 3. The number of aliphatic hydroxyl groups is 2. The highest BCUT2D eigenvalue weighted by Gasteiger charge is 2.29. The van der Waals surface area contributed by atoms with E-state index < -0.39 is 24.1 Å². The zero-order valence-electron chi connectivity index (χ0n) is 9.73. The van der Waals surface area contributed by atoms with E-state index in [2.05, 4.69) is 11.5 Å². The van der Waals surface area contributed by atoms with Crippen molar-refractivity contribution in [2.45, 2.75) is 26.1 Å². The number of nitrogens with two attached hydrogens (primary N) is 2. The lowest BCUT2D eigenvalue weighted by molar-refractivity contribution is -0.165. The van der Waals surface area contributed by atoms with Crippen molar-refractivity contribution in [3.8, 4) is 0 Å². The quantitative estimate of drug-likeness (QED) is 0.308. The largest absolute Gasteiger partial charge is 0.479 e. The first-order valence-corrected chi connectivity index (χ1v) is 4.27. The van der Waals surface area contributed by atoms with Crippen LogP contribution in [0.4, 0.5) is 0 Å². The molecule has 10 nitrogen and oxygen atoms in total. The number of carboxylic acids is 2. The second-order valence-electron chi connectivity index (χ2n) is 2.79. The Morgan fingerprint density at radius 1 is 0.778 bits per heavy atom. The van der Waals surface area contributed by atoms with Crippen LogP contribution in [0.25, 0.3) is 0 Å². The average molecular weight is 268 g/mol. The molecule has 10 heteroatoms. The van der Waals surface area contributed by atoms with E-state index in [0.717, 1.165) is 0 Å². The third-order valence-corrected chi connectivity index (χ3v) is 0.805. The van der Waals surface area contributed by atoms with Gasteiger partial charge in [-0.25, -0.2) is 9.59 Å². The topological polar surface area (TPSA) is 201 Å². The van der Waals surface area contributed by atoms with E-state index in [0.29, 0.717) is 0 Å². The van der Waals surface area contributed by atoms with Gasteiger partial charge in [0.2, 0.25) is 11.8 Å². The number of primary amides is 2. The molecular weight excluding hydrogens is 252 g/mol. The van der Waals surface area contributed by atoms with Crippen molar-refractivity contribution in [2.75, 3.05) is 0 Å². The van der Waals surface area contributed by atoms with Crippen molar-refractivity contribution in [1.29, 1.82) is 0 Å². The fraction of sp³-hybridized carbons (Fsp3) is 0.500. The molecule has 0 aliphatic heterocycles. The van der Waals surface area contributed by atoms with E-state index >= 15 is 0 Å². The molecule has 2 unspecified atom stereocenters. The summed E-state index contributed by atoms with van der Waals surface area (Å²) in [6.45, 7) is 2.61. The van der Waals surface area contributed by atoms with Crippen LogP contribution in [0.1, 0.15) is 13.8 Å². The van der Waals surface area contributed by atoms with E-state index in [1.54, 1.807) is 0 Å². The summed E-state index contributed by atoms with van der Waals surface area (Å²) in [7, 11) is 0. The molecule has 0 aliphatic carbocycles. The number of aliphatic hydroxyl groups excluding tert-OH is 2. The van der Waals surface area contributed by atoms with Gasteiger partial charge in [-0.05, 0) is 0 Å². The first-order valence-electron chi connectivity index (χ1n) is 4.27. The number of amides is 2. The minimum atomic E-state index is -2.27.